The Morgan fingerprint density at radius 1 is 1.24 bits per heavy atom. The van der Waals surface area contributed by atoms with Gasteiger partial charge in [0.2, 0.25) is 5.91 Å². The fraction of sp³-hybridized carbons (Fsp3) is 0.929. The van der Waals surface area contributed by atoms with Crippen LogP contribution >= 0.6 is 0 Å². The minimum atomic E-state index is 0.0957. The van der Waals surface area contributed by atoms with Gasteiger partial charge in [-0.25, -0.2) is 0 Å². The molecule has 1 heterocycles. The van der Waals surface area contributed by atoms with Crippen molar-refractivity contribution in [2.75, 3.05) is 0 Å². The lowest BCUT2D eigenvalue weighted by Crippen LogP contribution is -2.49. The molecule has 0 spiro atoms. The molecule has 0 aromatic heterocycles. The van der Waals surface area contributed by atoms with Crippen LogP contribution in [0.25, 0.3) is 0 Å². The largest absolute Gasteiger partial charge is 0.337 e. The van der Waals surface area contributed by atoms with Gasteiger partial charge in [-0.2, -0.15) is 0 Å². The first-order valence-electron chi connectivity index (χ1n) is 7.23. The van der Waals surface area contributed by atoms with Crippen LogP contribution in [0, 0.1) is 5.92 Å². The molecule has 3 heteroatoms. The molecule has 1 amide bonds. The van der Waals surface area contributed by atoms with Crippen molar-refractivity contribution in [3.63, 3.8) is 0 Å². The summed E-state index contributed by atoms with van der Waals surface area (Å²) in [5.74, 6) is 0.437. The maximum atomic E-state index is 12.6. The zero-order valence-corrected chi connectivity index (χ0v) is 11.2. The number of nitrogens with two attached hydrogens (primary N) is 1. The minimum Gasteiger partial charge on any atom is -0.337 e. The predicted molar refractivity (Wildman–Crippen MR) is 69.6 cm³/mol. The second kappa shape index (κ2) is 5.38. The van der Waals surface area contributed by atoms with Gasteiger partial charge < -0.3 is 10.6 Å². The van der Waals surface area contributed by atoms with Crippen molar-refractivity contribution in [1.82, 2.24) is 4.90 Å². The summed E-state index contributed by atoms with van der Waals surface area (Å²) in [6.45, 7) is 4.37. The van der Waals surface area contributed by atoms with E-state index in [4.69, 9.17) is 5.73 Å². The zero-order valence-electron chi connectivity index (χ0n) is 11.2. The Bertz CT molecular complexity index is 279. The number of nitrogens with zero attached hydrogens (tertiary/aromatic N) is 1. The average molecular weight is 238 g/mol. The number of hydrogen-bond donors (Lipinski definition) is 1. The lowest BCUT2D eigenvalue weighted by molar-refractivity contribution is -0.139. The van der Waals surface area contributed by atoms with E-state index in [1.807, 2.05) is 0 Å². The summed E-state index contributed by atoms with van der Waals surface area (Å²) in [6.07, 6.45) is 7.80. The van der Waals surface area contributed by atoms with E-state index in [2.05, 4.69) is 18.7 Å². The van der Waals surface area contributed by atoms with Gasteiger partial charge in [-0.05, 0) is 39.0 Å². The molecule has 2 rings (SSSR count). The molecule has 3 nitrogen and oxygen atoms in total. The van der Waals surface area contributed by atoms with Gasteiger partial charge in [0.25, 0.3) is 0 Å². The Balaban J connectivity index is 2.07. The molecule has 2 aliphatic rings. The van der Waals surface area contributed by atoms with E-state index >= 15 is 0 Å². The summed E-state index contributed by atoms with van der Waals surface area (Å²) in [6, 6.07) is 0.981. The molecule has 1 aliphatic heterocycles. The first-order valence-corrected chi connectivity index (χ1v) is 7.23. The Hall–Kier alpha value is -0.570. The summed E-state index contributed by atoms with van der Waals surface area (Å²) < 4.78 is 0. The first kappa shape index (κ1) is 12.9. The second-order valence-electron chi connectivity index (χ2n) is 5.79. The number of amides is 1. The highest BCUT2D eigenvalue weighted by Crippen LogP contribution is 2.32. The van der Waals surface area contributed by atoms with E-state index in [9.17, 15) is 4.79 Å². The van der Waals surface area contributed by atoms with Crippen LogP contribution in [0.1, 0.15) is 58.8 Å². The Morgan fingerprint density at radius 2 is 1.94 bits per heavy atom. The van der Waals surface area contributed by atoms with Crippen molar-refractivity contribution in [3.8, 4) is 0 Å². The van der Waals surface area contributed by atoms with E-state index in [0.29, 0.717) is 18.0 Å². The van der Waals surface area contributed by atoms with Crippen LogP contribution in [-0.2, 0) is 4.79 Å². The van der Waals surface area contributed by atoms with Crippen molar-refractivity contribution >= 4 is 5.91 Å². The van der Waals surface area contributed by atoms with Gasteiger partial charge in [0.1, 0.15) is 0 Å². The SMILES string of the molecule is CCC1CCC(C)N1C(=O)C1CCCCC1N. The molecule has 2 N–H and O–H groups in total. The Labute approximate surface area is 105 Å². The van der Waals surface area contributed by atoms with E-state index in [-0.39, 0.29) is 12.0 Å². The highest BCUT2D eigenvalue weighted by Gasteiger charge is 2.39. The van der Waals surface area contributed by atoms with Crippen molar-refractivity contribution < 1.29 is 4.79 Å². The third kappa shape index (κ3) is 2.49. The summed E-state index contributed by atoms with van der Waals surface area (Å²) >= 11 is 0. The quantitative estimate of drug-likeness (QED) is 0.802. The normalized spacial score (nSPS) is 38.4. The molecular formula is C14H26N2O. The number of carbonyl (C=O) groups excluding carboxylic acids is 1. The number of likely N-dealkylation sites (tertiary alicyclic amines) is 1. The zero-order chi connectivity index (χ0) is 12.4. The van der Waals surface area contributed by atoms with Gasteiger partial charge in [0, 0.05) is 18.1 Å². The predicted octanol–water partition coefficient (Wildman–Crippen LogP) is 2.29. The summed E-state index contributed by atoms with van der Waals surface area (Å²) in [5.41, 5.74) is 6.13. The Morgan fingerprint density at radius 3 is 2.59 bits per heavy atom. The fourth-order valence-electron chi connectivity index (χ4n) is 3.53. The third-order valence-electron chi connectivity index (χ3n) is 4.65. The Kier molecular flexibility index (Phi) is 4.08. The first-order chi connectivity index (χ1) is 8.15. The van der Waals surface area contributed by atoms with Gasteiger partial charge >= 0.3 is 0 Å². The van der Waals surface area contributed by atoms with Crippen LogP contribution in [0.4, 0.5) is 0 Å². The van der Waals surface area contributed by atoms with E-state index < -0.39 is 0 Å². The van der Waals surface area contributed by atoms with Crippen molar-refractivity contribution in [2.45, 2.75) is 76.9 Å². The van der Waals surface area contributed by atoms with Crippen LogP contribution < -0.4 is 5.73 Å². The molecule has 2 fully saturated rings. The molecule has 4 unspecified atom stereocenters. The van der Waals surface area contributed by atoms with Crippen LogP contribution in [0.15, 0.2) is 0 Å². The molecule has 1 saturated carbocycles. The molecule has 0 aromatic carbocycles. The van der Waals surface area contributed by atoms with Gasteiger partial charge in [0.15, 0.2) is 0 Å². The van der Waals surface area contributed by atoms with E-state index in [1.54, 1.807) is 0 Å². The molecular weight excluding hydrogens is 212 g/mol. The summed E-state index contributed by atoms with van der Waals surface area (Å²) in [4.78, 5) is 14.8. The van der Waals surface area contributed by atoms with E-state index in [1.165, 1.54) is 19.3 Å². The molecule has 4 atom stereocenters. The van der Waals surface area contributed by atoms with Crippen LogP contribution in [0.3, 0.4) is 0 Å². The van der Waals surface area contributed by atoms with Crippen LogP contribution in [0.5, 0.6) is 0 Å². The van der Waals surface area contributed by atoms with Gasteiger partial charge in [-0.3, -0.25) is 4.79 Å². The van der Waals surface area contributed by atoms with Crippen LogP contribution in [0.2, 0.25) is 0 Å². The molecule has 1 aliphatic carbocycles. The average Bonchev–Trinajstić information content (AvgIpc) is 2.70. The molecule has 0 bridgehead atoms. The van der Waals surface area contributed by atoms with Crippen molar-refractivity contribution in [1.29, 1.82) is 0 Å². The fourth-order valence-corrected chi connectivity index (χ4v) is 3.53. The topological polar surface area (TPSA) is 46.3 Å². The monoisotopic (exact) mass is 238 g/mol. The molecule has 1 saturated heterocycles. The van der Waals surface area contributed by atoms with Crippen LogP contribution in [-0.4, -0.2) is 28.9 Å². The molecule has 0 aromatic rings. The van der Waals surface area contributed by atoms with Crippen molar-refractivity contribution in [2.24, 2.45) is 11.7 Å². The standard InChI is InChI=1S/C14H26N2O/c1-3-11-9-8-10(2)16(11)14(17)12-6-4-5-7-13(12)15/h10-13H,3-9,15H2,1-2H3. The smallest absolute Gasteiger partial charge is 0.227 e. The lowest BCUT2D eigenvalue weighted by atomic mass is 9.84. The third-order valence-corrected chi connectivity index (χ3v) is 4.65. The maximum absolute atomic E-state index is 12.6. The van der Waals surface area contributed by atoms with Crippen molar-refractivity contribution in [3.05, 3.63) is 0 Å². The molecule has 98 valence electrons. The van der Waals surface area contributed by atoms with Gasteiger partial charge in [0.05, 0.1) is 5.92 Å². The molecule has 0 radical (unpaired) electrons. The second-order valence-corrected chi connectivity index (χ2v) is 5.79. The number of carbonyl (C=O) groups is 1. The lowest BCUT2D eigenvalue weighted by Gasteiger charge is -2.35. The van der Waals surface area contributed by atoms with Gasteiger partial charge in [-0.15, -0.1) is 0 Å². The highest BCUT2D eigenvalue weighted by atomic mass is 16.2. The maximum Gasteiger partial charge on any atom is 0.227 e. The highest BCUT2D eigenvalue weighted by molar-refractivity contribution is 5.80. The van der Waals surface area contributed by atoms with E-state index in [0.717, 1.165) is 25.7 Å². The number of hydrogen-bond acceptors (Lipinski definition) is 2. The minimum absolute atomic E-state index is 0.0957. The number of rotatable bonds is 2. The van der Waals surface area contributed by atoms with Gasteiger partial charge in [-0.1, -0.05) is 19.8 Å². The molecule has 17 heavy (non-hydrogen) atoms. The summed E-state index contributed by atoms with van der Waals surface area (Å²) in [7, 11) is 0. The summed E-state index contributed by atoms with van der Waals surface area (Å²) in [5, 5.41) is 0.